The van der Waals surface area contributed by atoms with E-state index in [0.29, 0.717) is 24.0 Å². The molecule has 2 aromatic carbocycles. The van der Waals surface area contributed by atoms with Crippen LogP contribution in [0.4, 0.5) is 0 Å². The fourth-order valence-electron chi connectivity index (χ4n) is 3.20. The molecule has 8 nitrogen and oxygen atoms in total. The number of benzene rings is 2. The van der Waals surface area contributed by atoms with Crippen molar-refractivity contribution >= 4 is 22.6 Å². The van der Waals surface area contributed by atoms with E-state index in [2.05, 4.69) is 5.10 Å². The van der Waals surface area contributed by atoms with Gasteiger partial charge in [-0.25, -0.2) is 4.68 Å². The van der Waals surface area contributed by atoms with E-state index in [-0.39, 0.29) is 23.7 Å². The molecule has 0 unspecified atom stereocenters. The van der Waals surface area contributed by atoms with Crippen LogP contribution in [0.1, 0.15) is 22.8 Å². The van der Waals surface area contributed by atoms with Gasteiger partial charge in [-0.2, -0.15) is 0 Å². The molecular formula is C22H24N4O4. The standard InChI is InChI=1S/C22H24N4O4/c1-4-25(13-15-9-11-16(12-10-15)21(29)24(2)3)19(27)14-26-22(30)18-8-6-5-7-17(18)20(28)23-26/h5-12H,4,13-14H2,1-3H3,(H,23,28). The van der Waals surface area contributed by atoms with E-state index < -0.39 is 11.1 Å². The Hall–Kier alpha value is -3.68. The number of likely N-dealkylation sites (N-methyl/N-ethyl adjacent to an activating group) is 1. The Morgan fingerprint density at radius 1 is 0.967 bits per heavy atom. The molecule has 156 valence electrons. The van der Waals surface area contributed by atoms with Gasteiger partial charge in [-0.15, -0.1) is 0 Å². The largest absolute Gasteiger partial charge is 0.345 e. The zero-order valence-corrected chi connectivity index (χ0v) is 17.2. The Kier molecular flexibility index (Phi) is 6.15. The Balaban J connectivity index is 1.78. The van der Waals surface area contributed by atoms with Crippen molar-refractivity contribution in [2.75, 3.05) is 20.6 Å². The average Bonchev–Trinajstić information content (AvgIpc) is 2.75. The third-order valence-corrected chi connectivity index (χ3v) is 4.89. The average molecular weight is 408 g/mol. The van der Waals surface area contributed by atoms with Gasteiger partial charge in [-0.05, 0) is 36.8 Å². The maximum atomic E-state index is 12.8. The van der Waals surface area contributed by atoms with E-state index in [0.717, 1.165) is 10.2 Å². The minimum atomic E-state index is -0.416. The van der Waals surface area contributed by atoms with Crippen LogP contribution in [0, 0.1) is 0 Å². The van der Waals surface area contributed by atoms with Gasteiger partial charge >= 0.3 is 0 Å². The molecule has 0 saturated heterocycles. The summed E-state index contributed by atoms with van der Waals surface area (Å²) in [6.45, 7) is 2.35. The topological polar surface area (TPSA) is 95.5 Å². The Morgan fingerprint density at radius 2 is 1.60 bits per heavy atom. The highest BCUT2D eigenvalue weighted by molar-refractivity contribution is 5.93. The molecule has 0 spiro atoms. The lowest BCUT2D eigenvalue weighted by Gasteiger charge is -2.21. The van der Waals surface area contributed by atoms with Crippen LogP contribution < -0.4 is 11.1 Å². The molecule has 1 heterocycles. The van der Waals surface area contributed by atoms with Crippen LogP contribution in [0.3, 0.4) is 0 Å². The van der Waals surface area contributed by atoms with Crippen LogP contribution in [0.15, 0.2) is 58.1 Å². The first-order chi connectivity index (χ1) is 14.3. The monoisotopic (exact) mass is 408 g/mol. The predicted octanol–water partition coefficient (Wildman–Crippen LogP) is 1.44. The molecule has 1 aromatic heterocycles. The van der Waals surface area contributed by atoms with Crippen LogP contribution in [0.5, 0.6) is 0 Å². The smallest absolute Gasteiger partial charge is 0.273 e. The second-order valence-corrected chi connectivity index (χ2v) is 7.18. The van der Waals surface area contributed by atoms with Crippen molar-refractivity contribution in [2.24, 2.45) is 0 Å². The number of aromatic nitrogens is 2. The van der Waals surface area contributed by atoms with Crippen LogP contribution >= 0.6 is 0 Å². The summed E-state index contributed by atoms with van der Waals surface area (Å²) >= 11 is 0. The number of hydrogen-bond donors (Lipinski definition) is 1. The summed E-state index contributed by atoms with van der Waals surface area (Å²) in [5, 5.41) is 3.06. The molecule has 8 heteroatoms. The normalized spacial score (nSPS) is 10.8. The number of amides is 2. The lowest BCUT2D eigenvalue weighted by atomic mass is 10.1. The minimum Gasteiger partial charge on any atom is -0.345 e. The second kappa shape index (κ2) is 8.77. The maximum absolute atomic E-state index is 12.8. The highest BCUT2D eigenvalue weighted by Gasteiger charge is 2.16. The molecule has 2 amide bonds. The van der Waals surface area contributed by atoms with Gasteiger partial charge < -0.3 is 9.80 Å². The van der Waals surface area contributed by atoms with Crippen LogP contribution in [0.25, 0.3) is 10.8 Å². The third kappa shape index (κ3) is 4.32. The van der Waals surface area contributed by atoms with Crippen molar-refractivity contribution in [3.8, 4) is 0 Å². The Bertz CT molecular complexity index is 1190. The summed E-state index contributed by atoms with van der Waals surface area (Å²) in [5.74, 6) is -0.386. The summed E-state index contributed by atoms with van der Waals surface area (Å²) < 4.78 is 1.05. The number of nitrogens with one attached hydrogen (secondary N) is 1. The highest BCUT2D eigenvalue weighted by Crippen LogP contribution is 2.10. The van der Waals surface area contributed by atoms with Gasteiger partial charge in [0.25, 0.3) is 17.0 Å². The summed E-state index contributed by atoms with van der Waals surface area (Å²) in [4.78, 5) is 52.7. The number of hydrogen-bond acceptors (Lipinski definition) is 4. The number of H-pyrrole nitrogens is 1. The molecule has 1 N–H and O–H groups in total. The van der Waals surface area contributed by atoms with Gasteiger partial charge in [0.2, 0.25) is 5.91 Å². The van der Waals surface area contributed by atoms with Gasteiger partial charge in [0.1, 0.15) is 6.54 Å². The van der Waals surface area contributed by atoms with Crippen molar-refractivity contribution in [1.82, 2.24) is 19.6 Å². The quantitative estimate of drug-likeness (QED) is 0.668. The number of fused-ring (bicyclic) bond motifs is 1. The second-order valence-electron chi connectivity index (χ2n) is 7.18. The molecule has 0 bridgehead atoms. The predicted molar refractivity (Wildman–Crippen MR) is 114 cm³/mol. The van der Waals surface area contributed by atoms with Gasteiger partial charge in [0, 0.05) is 32.7 Å². The molecule has 3 aromatic rings. The molecule has 30 heavy (non-hydrogen) atoms. The number of carbonyl (C=O) groups is 2. The van der Waals surface area contributed by atoms with Gasteiger partial charge in [0.15, 0.2) is 0 Å². The molecule has 0 fully saturated rings. The van der Waals surface area contributed by atoms with Crippen molar-refractivity contribution in [3.05, 3.63) is 80.4 Å². The number of aromatic amines is 1. The van der Waals surface area contributed by atoms with E-state index in [1.54, 1.807) is 67.5 Å². The molecule has 0 saturated carbocycles. The third-order valence-electron chi connectivity index (χ3n) is 4.89. The van der Waals surface area contributed by atoms with Crippen molar-refractivity contribution in [2.45, 2.75) is 20.0 Å². The fourth-order valence-corrected chi connectivity index (χ4v) is 3.20. The molecule has 0 aliphatic rings. The van der Waals surface area contributed by atoms with E-state index in [9.17, 15) is 19.2 Å². The molecule has 0 atom stereocenters. The minimum absolute atomic E-state index is 0.0930. The maximum Gasteiger partial charge on any atom is 0.273 e. The van der Waals surface area contributed by atoms with Crippen molar-refractivity contribution in [1.29, 1.82) is 0 Å². The molecule has 0 aliphatic heterocycles. The van der Waals surface area contributed by atoms with E-state index in [4.69, 9.17) is 0 Å². The Labute approximate surface area is 173 Å². The van der Waals surface area contributed by atoms with Gasteiger partial charge in [-0.3, -0.25) is 24.3 Å². The van der Waals surface area contributed by atoms with Gasteiger partial charge in [-0.1, -0.05) is 24.3 Å². The number of carbonyl (C=O) groups excluding carboxylic acids is 2. The molecule has 0 aliphatic carbocycles. The first-order valence-corrected chi connectivity index (χ1v) is 9.62. The SMILES string of the molecule is CCN(Cc1ccc(C(=O)N(C)C)cc1)C(=O)Cn1[nH]c(=O)c2ccccc2c1=O. The first kappa shape index (κ1) is 21.0. The van der Waals surface area contributed by atoms with E-state index >= 15 is 0 Å². The zero-order chi connectivity index (χ0) is 21.8. The van der Waals surface area contributed by atoms with Gasteiger partial charge in [0.05, 0.1) is 10.8 Å². The van der Waals surface area contributed by atoms with Crippen molar-refractivity contribution < 1.29 is 9.59 Å². The summed E-state index contributed by atoms with van der Waals surface area (Å²) in [7, 11) is 3.37. The molecule has 0 radical (unpaired) electrons. The lowest BCUT2D eigenvalue weighted by molar-refractivity contribution is -0.132. The molecule has 3 rings (SSSR count). The first-order valence-electron chi connectivity index (χ1n) is 9.62. The zero-order valence-electron chi connectivity index (χ0n) is 17.2. The molecular weight excluding hydrogens is 384 g/mol. The summed E-state index contributed by atoms with van der Waals surface area (Å²) in [5.41, 5.74) is 0.599. The van der Waals surface area contributed by atoms with Crippen LogP contribution in [-0.2, 0) is 17.9 Å². The van der Waals surface area contributed by atoms with Crippen LogP contribution in [-0.4, -0.2) is 52.0 Å². The highest BCUT2D eigenvalue weighted by atomic mass is 16.2. The summed E-state index contributed by atoms with van der Waals surface area (Å²) in [6.07, 6.45) is 0. The summed E-state index contributed by atoms with van der Waals surface area (Å²) in [6, 6.07) is 13.6. The van der Waals surface area contributed by atoms with E-state index in [1.807, 2.05) is 6.92 Å². The fraction of sp³-hybridized carbons (Fsp3) is 0.273. The van der Waals surface area contributed by atoms with Crippen molar-refractivity contribution in [3.63, 3.8) is 0 Å². The lowest BCUT2D eigenvalue weighted by Crippen LogP contribution is -2.39. The number of nitrogens with zero attached hydrogens (tertiary/aromatic N) is 3. The number of rotatable bonds is 6. The van der Waals surface area contributed by atoms with Crippen LogP contribution in [0.2, 0.25) is 0 Å². The Morgan fingerprint density at radius 3 is 2.20 bits per heavy atom. The van der Waals surface area contributed by atoms with E-state index in [1.165, 1.54) is 4.90 Å².